The summed E-state index contributed by atoms with van der Waals surface area (Å²) in [6.45, 7) is 10.3. The van der Waals surface area contributed by atoms with Gasteiger partial charge in [0.2, 0.25) is 0 Å². The molecule has 0 atom stereocenters. The van der Waals surface area contributed by atoms with Crippen LogP contribution in [0.15, 0.2) is 24.3 Å². The van der Waals surface area contributed by atoms with Gasteiger partial charge in [0.25, 0.3) is 0 Å². The van der Waals surface area contributed by atoms with Crippen molar-refractivity contribution in [3.05, 3.63) is 34.9 Å². The molecule has 0 aromatic heterocycles. The van der Waals surface area contributed by atoms with Crippen molar-refractivity contribution >= 4 is 11.6 Å². The quantitative estimate of drug-likeness (QED) is 0.858. The first-order valence-electron chi connectivity index (χ1n) is 7.81. The zero-order valence-electron chi connectivity index (χ0n) is 12.7. The average Bonchev–Trinajstić information content (AvgIpc) is 2.42. The van der Waals surface area contributed by atoms with Gasteiger partial charge in [0, 0.05) is 24.7 Å². The van der Waals surface area contributed by atoms with E-state index >= 15 is 0 Å². The molecule has 3 heteroatoms. The molecule has 1 aliphatic rings. The second kappa shape index (κ2) is 8.02. The van der Waals surface area contributed by atoms with Crippen LogP contribution in [0.4, 0.5) is 0 Å². The summed E-state index contributed by atoms with van der Waals surface area (Å²) in [5.41, 5.74) is 1.25. The third-order valence-electron chi connectivity index (χ3n) is 3.95. The van der Waals surface area contributed by atoms with Gasteiger partial charge >= 0.3 is 0 Å². The van der Waals surface area contributed by atoms with Crippen LogP contribution in [0.25, 0.3) is 0 Å². The van der Waals surface area contributed by atoms with Crippen LogP contribution in [0.5, 0.6) is 0 Å². The van der Waals surface area contributed by atoms with Crippen LogP contribution in [0.1, 0.15) is 32.3 Å². The van der Waals surface area contributed by atoms with Gasteiger partial charge in [-0.15, -0.1) is 0 Å². The van der Waals surface area contributed by atoms with Gasteiger partial charge in [-0.25, -0.2) is 0 Å². The van der Waals surface area contributed by atoms with Crippen molar-refractivity contribution in [1.82, 2.24) is 10.2 Å². The van der Waals surface area contributed by atoms with Crippen LogP contribution in [-0.4, -0.2) is 31.1 Å². The lowest BCUT2D eigenvalue weighted by Gasteiger charge is -2.31. The third-order valence-corrected chi connectivity index (χ3v) is 4.32. The molecule has 1 N–H and O–H groups in total. The fourth-order valence-corrected chi connectivity index (χ4v) is 3.21. The highest BCUT2D eigenvalue weighted by Gasteiger charge is 2.18. The molecule has 1 aromatic carbocycles. The second-order valence-electron chi connectivity index (χ2n) is 6.37. The molecule has 112 valence electrons. The summed E-state index contributed by atoms with van der Waals surface area (Å²) in [7, 11) is 0. The Labute approximate surface area is 128 Å². The topological polar surface area (TPSA) is 15.3 Å². The number of nitrogens with zero attached hydrogens (tertiary/aromatic N) is 1. The van der Waals surface area contributed by atoms with Gasteiger partial charge in [-0.2, -0.15) is 0 Å². The fourth-order valence-electron chi connectivity index (χ4n) is 3.02. The molecular weight excluding hydrogens is 268 g/mol. The van der Waals surface area contributed by atoms with Crippen LogP contribution >= 0.6 is 11.6 Å². The van der Waals surface area contributed by atoms with E-state index in [1.165, 1.54) is 38.0 Å². The third kappa shape index (κ3) is 5.08. The molecule has 20 heavy (non-hydrogen) atoms. The van der Waals surface area contributed by atoms with Gasteiger partial charge in [0.1, 0.15) is 0 Å². The van der Waals surface area contributed by atoms with Gasteiger partial charge in [0.15, 0.2) is 0 Å². The zero-order chi connectivity index (χ0) is 14.4. The molecule has 0 bridgehead atoms. The normalized spacial score (nSPS) is 17.1. The van der Waals surface area contributed by atoms with Crippen LogP contribution < -0.4 is 5.32 Å². The Balaban J connectivity index is 1.97. The fraction of sp³-hybridized carbons (Fsp3) is 0.647. The van der Waals surface area contributed by atoms with Gasteiger partial charge in [-0.05, 0) is 49.4 Å². The van der Waals surface area contributed by atoms with Crippen molar-refractivity contribution in [2.75, 3.05) is 26.2 Å². The Morgan fingerprint density at radius 3 is 2.60 bits per heavy atom. The number of benzene rings is 1. The summed E-state index contributed by atoms with van der Waals surface area (Å²) in [5, 5.41) is 4.34. The molecule has 1 heterocycles. The number of halogens is 1. The maximum atomic E-state index is 6.31. The van der Waals surface area contributed by atoms with Crippen molar-refractivity contribution < 1.29 is 0 Å². The predicted octanol–water partition coefficient (Wildman–Crippen LogP) is 3.80. The van der Waals surface area contributed by atoms with E-state index in [4.69, 9.17) is 11.6 Å². The summed E-state index contributed by atoms with van der Waals surface area (Å²) in [6.07, 6.45) is 2.61. The molecule has 0 aliphatic carbocycles. The summed E-state index contributed by atoms with van der Waals surface area (Å²) in [6, 6.07) is 8.23. The van der Waals surface area contributed by atoms with Gasteiger partial charge < -0.3 is 5.32 Å². The van der Waals surface area contributed by atoms with E-state index in [1.54, 1.807) is 0 Å². The predicted molar refractivity (Wildman–Crippen MR) is 87.2 cm³/mol. The molecule has 0 saturated carbocycles. The van der Waals surface area contributed by atoms with Gasteiger partial charge in [-0.1, -0.05) is 43.6 Å². The first-order valence-corrected chi connectivity index (χ1v) is 8.19. The van der Waals surface area contributed by atoms with Crippen LogP contribution in [-0.2, 0) is 6.54 Å². The van der Waals surface area contributed by atoms with Crippen LogP contribution in [0.2, 0.25) is 5.02 Å². The van der Waals surface area contributed by atoms with E-state index < -0.39 is 0 Å². The molecule has 1 saturated heterocycles. The lowest BCUT2D eigenvalue weighted by molar-refractivity contribution is 0.181. The minimum atomic E-state index is 0.694. The number of rotatable bonds is 6. The van der Waals surface area contributed by atoms with E-state index in [0.717, 1.165) is 24.0 Å². The standard InChI is InChI=1S/C17H27ClN2/c1-14(2)11-20(12-15-7-9-19-10-8-15)13-16-5-3-4-6-17(16)18/h3-6,14-15,19H,7-13H2,1-2H3. The Morgan fingerprint density at radius 2 is 1.95 bits per heavy atom. The van der Waals surface area contributed by atoms with Gasteiger partial charge in [-0.3, -0.25) is 4.90 Å². The monoisotopic (exact) mass is 294 g/mol. The number of piperidine rings is 1. The number of hydrogen-bond acceptors (Lipinski definition) is 2. The minimum absolute atomic E-state index is 0.694. The summed E-state index contributed by atoms with van der Waals surface area (Å²) in [4.78, 5) is 2.59. The van der Waals surface area contributed by atoms with E-state index in [2.05, 4.69) is 36.2 Å². The Bertz CT molecular complexity index is 400. The highest BCUT2D eigenvalue weighted by molar-refractivity contribution is 6.31. The van der Waals surface area contributed by atoms with Crippen LogP contribution in [0.3, 0.4) is 0 Å². The second-order valence-corrected chi connectivity index (χ2v) is 6.78. The van der Waals surface area contributed by atoms with Crippen molar-refractivity contribution in [2.45, 2.75) is 33.2 Å². The van der Waals surface area contributed by atoms with Crippen molar-refractivity contribution in [3.8, 4) is 0 Å². The molecular formula is C17H27ClN2. The molecule has 2 rings (SSSR count). The van der Waals surface area contributed by atoms with Crippen molar-refractivity contribution in [1.29, 1.82) is 0 Å². The summed E-state index contributed by atoms with van der Waals surface area (Å²) < 4.78 is 0. The molecule has 2 nitrogen and oxygen atoms in total. The van der Waals surface area contributed by atoms with E-state index in [0.29, 0.717) is 5.92 Å². The SMILES string of the molecule is CC(C)CN(Cc1ccccc1Cl)CC1CCNCC1. The van der Waals surface area contributed by atoms with Gasteiger partial charge in [0.05, 0.1) is 0 Å². The Hall–Kier alpha value is -0.570. The van der Waals surface area contributed by atoms with Crippen LogP contribution in [0, 0.1) is 11.8 Å². The lowest BCUT2D eigenvalue weighted by atomic mass is 9.97. The maximum Gasteiger partial charge on any atom is 0.0451 e. The highest BCUT2D eigenvalue weighted by atomic mass is 35.5. The highest BCUT2D eigenvalue weighted by Crippen LogP contribution is 2.20. The smallest absolute Gasteiger partial charge is 0.0451 e. The molecule has 0 unspecified atom stereocenters. The van der Waals surface area contributed by atoms with Crippen molar-refractivity contribution in [2.24, 2.45) is 11.8 Å². The maximum absolute atomic E-state index is 6.31. The number of nitrogens with one attached hydrogen (secondary N) is 1. The Kier molecular flexibility index (Phi) is 6.34. The molecule has 0 spiro atoms. The minimum Gasteiger partial charge on any atom is -0.317 e. The molecule has 1 fully saturated rings. The molecule has 0 amide bonds. The molecule has 1 aliphatic heterocycles. The molecule has 0 radical (unpaired) electrons. The lowest BCUT2D eigenvalue weighted by Crippen LogP contribution is -2.37. The average molecular weight is 295 g/mol. The first-order chi connectivity index (χ1) is 9.65. The van der Waals surface area contributed by atoms with Crippen molar-refractivity contribution in [3.63, 3.8) is 0 Å². The summed E-state index contributed by atoms with van der Waals surface area (Å²) in [5.74, 6) is 1.52. The molecule has 1 aromatic rings. The van der Waals surface area contributed by atoms with E-state index in [-0.39, 0.29) is 0 Å². The zero-order valence-corrected chi connectivity index (χ0v) is 13.5. The Morgan fingerprint density at radius 1 is 1.25 bits per heavy atom. The first kappa shape index (κ1) is 15.8. The number of hydrogen-bond donors (Lipinski definition) is 1. The summed E-state index contributed by atoms with van der Waals surface area (Å²) >= 11 is 6.31. The van der Waals surface area contributed by atoms with E-state index in [9.17, 15) is 0 Å². The van der Waals surface area contributed by atoms with E-state index in [1.807, 2.05) is 12.1 Å². The largest absolute Gasteiger partial charge is 0.317 e.